The van der Waals surface area contributed by atoms with Crippen LogP contribution in [0.25, 0.3) is 0 Å². The van der Waals surface area contributed by atoms with Crippen LogP contribution in [0.4, 0.5) is 0 Å². The summed E-state index contributed by atoms with van der Waals surface area (Å²) in [5.74, 6) is -0.872. The van der Waals surface area contributed by atoms with Crippen LogP contribution in [-0.4, -0.2) is 35.5 Å². The van der Waals surface area contributed by atoms with E-state index in [4.69, 9.17) is 0 Å². The summed E-state index contributed by atoms with van der Waals surface area (Å²) < 4.78 is 4.48. The van der Waals surface area contributed by atoms with Crippen LogP contribution < -0.4 is 0 Å². The third-order valence-electron chi connectivity index (χ3n) is 3.15. The van der Waals surface area contributed by atoms with Gasteiger partial charge in [0.25, 0.3) is 0 Å². The van der Waals surface area contributed by atoms with Gasteiger partial charge >= 0.3 is 11.9 Å². The molecule has 0 aliphatic carbocycles. The number of esters is 2. The van der Waals surface area contributed by atoms with Gasteiger partial charge in [-0.05, 0) is 19.8 Å². The van der Waals surface area contributed by atoms with Crippen LogP contribution in [0.1, 0.15) is 33.6 Å². The van der Waals surface area contributed by atoms with E-state index in [0.29, 0.717) is 0 Å². The molecular formula is C10H17NO3. The van der Waals surface area contributed by atoms with E-state index in [-0.39, 0.29) is 18.6 Å². The zero-order valence-corrected chi connectivity index (χ0v) is 9.00. The molecule has 4 heteroatoms. The average molecular weight is 199 g/mol. The number of carbonyl (C=O) groups is 2. The van der Waals surface area contributed by atoms with Crippen LogP contribution in [-0.2, 0) is 14.3 Å². The zero-order chi connectivity index (χ0) is 10.8. The van der Waals surface area contributed by atoms with Gasteiger partial charge in [0.15, 0.2) is 0 Å². The van der Waals surface area contributed by atoms with Crippen molar-refractivity contribution in [3.63, 3.8) is 0 Å². The molecule has 0 radical (unpaired) electrons. The first-order valence-electron chi connectivity index (χ1n) is 5.00. The van der Waals surface area contributed by atoms with Crippen LogP contribution in [0.5, 0.6) is 0 Å². The first kappa shape index (κ1) is 11.2. The van der Waals surface area contributed by atoms with E-state index in [1.165, 1.54) is 0 Å². The van der Waals surface area contributed by atoms with Gasteiger partial charge in [-0.2, -0.15) is 0 Å². The lowest BCUT2D eigenvalue weighted by Gasteiger charge is -2.40. The Bertz CT molecular complexity index is 230. The molecule has 1 rings (SSSR count). The maximum atomic E-state index is 11.1. The van der Waals surface area contributed by atoms with Crippen molar-refractivity contribution in [3.05, 3.63) is 0 Å². The van der Waals surface area contributed by atoms with E-state index in [1.807, 2.05) is 4.90 Å². The quantitative estimate of drug-likeness (QED) is 0.501. The molecule has 0 aromatic rings. The second-order valence-corrected chi connectivity index (χ2v) is 3.91. The normalized spacial score (nSPS) is 19.6. The van der Waals surface area contributed by atoms with Gasteiger partial charge in [-0.25, -0.2) is 0 Å². The summed E-state index contributed by atoms with van der Waals surface area (Å²) in [6.07, 6.45) is 1.84. The van der Waals surface area contributed by atoms with Crippen LogP contribution in [0.3, 0.4) is 0 Å². The number of hydrogen-bond donors (Lipinski definition) is 0. The molecule has 1 aliphatic heterocycles. The van der Waals surface area contributed by atoms with Gasteiger partial charge in [0.05, 0.1) is 13.1 Å². The lowest BCUT2D eigenvalue weighted by Crippen LogP contribution is -2.54. The Labute approximate surface area is 84.2 Å². The summed E-state index contributed by atoms with van der Waals surface area (Å²) in [7, 11) is 0. The van der Waals surface area contributed by atoms with Crippen LogP contribution in [0.15, 0.2) is 0 Å². The molecular weight excluding hydrogens is 182 g/mol. The first-order valence-corrected chi connectivity index (χ1v) is 5.00. The highest BCUT2D eigenvalue weighted by atomic mass is 16.6. The van der Waals surface area contributed by atoms with E-state index in [2.05, 4.69) is 25.5 Å². The van der Waals surface area contributed by atoms with E-state index in [1.54, 1.807) is 0 Å². The fourth-order valence-electron chi connectivity index (χ4n) is 1.64. The van der Waals surface area contributed by atoms with E-state index in [9.17, 15) is 9.59 Å². The monoisotopic (exact) mass is 199 g/mol. The van der Waals surface area contributed by atoms with Crippen molar-refractivity contribution in [1.82, 2.24) is 4.90 Å². The molecule has 0 atom stereocenters. The lowest BCUT2D eigenvalue weighted by molar-refractivity contribution is -0.170. The summed E-state index contributed by atoms with van der Waals surface area (Å²) >= 11 is 0. The molecule has 80 valence electrons. The van der Waals surface area contributed by atoms with Gasteiger partial charge in [-0.3, -0.25) is 14.5 Å². The molecule has 0 amide bonds. The number of carbonyl (C=O) groups excluding carboxylic acids is 2. The predicted molar refractivity (Wildman–Crippen MR) is 51.7 cm³/mol. The summed E-state index contributed by atoms with van der Waals surface area (Å²) in [6.45, 7) is 6.65. The number of rotatable bonds is 3. The highest BCUT2D eigenvalue weighted by Crippen LogP contribution is 2.24. The summed E-state index contributed by atoms with van der Waals surface area (Å²) in [5, 5.41) is 0. The number of cyclic esters (lactones) is 2. The van der Waals surface area contributed by atoms with Gasteiger partial charge in [-0.15, -0.1) is 0 Å². The number of nitrogens with zero attached hydrogens (tertiary/aromatic N) is 1. The molecule has 14 heavy (non-hydrogen) atoms. The number of hydrogen-bond acceptors (Lipinski definition) is 4. The zero-order valence-electron chi connectivity index (χ0n) is 9.00. The topological polar surface area (TPSA) is 46.6 Å². The van der Waals surface area contributed by atoms with Crippen molar-refractivity contribution >= 4 is 11.9 Å². The highest BCUT2D eigenvalue weighted by Gasteiger charge is 2.35. The molecule has 0 saturated carbocycles. The van der Waals surface area contributed by atoms with Crippen molar-refractivity contribution in [2.75, 3.05) is 13.1 Å². The van der Waals surface area contributed by atoms with Gasteiger partial charge in [0.1, 0.15) is 0 Å². The SMILES string of the molecule is CCC(C)(CC)N1CC(=O)OC(=O)C1. The number of ether oxygens (including phenoxy) is 1. The molecule has 0 unspecified atom stereocenters. The molecule has 1 saturated heterocycles. The van der Waals surface area contributed by atoms with Gasteiger partial charge in [0.2, 0.25) is 0 Å². The predicted octanol–water partition coefficient (Wildman–Crippen LogP) is 0.951. The van der Waals surface area contributed by atoms with E-state index < -0.39 is 11.9 Å². The minimum atomic E-state index is -0.436. The molecule has 4 nitrogen and oxygen atoms in total. The summed E-state index contributed by atoms with van der Waals surface area (Å²) in [6, 6.07) is 0. The smallest absolute Gasteiger partial charge is 0.327 e. The standard InChI is InChI=1S/C10H17NO3/c1-4-10(3,5-2)11-6-8(12)14-9(13)7-11/h4-7H2,1-3H3. The molecule has 1 heterocycles. The number of morpholine rings is 1. The molecule has 0 spiro atoms. The molecule has 1 fully saturated rings. The summed E-state index contributed by atoms with van der Waals surface area (Å²) in [5.41, 5.74) is -0.0743. The largest absolute Gasteiger partial charge is 0.391 e. The molecule has 0 bridgehead atoms. The van der Waals surface area contributed by atoms with Crippen LogP contribution in [0, 0.1) is 0 Å². The fraction of sp³-hybridized carbons (Fsp3) is 0.800. The minimum absolute atomic E-state index is 0.0743. The molecule has 0 N–H and O–H groups in total. The molecule has 0 aromatic carbocycles. The minimum Gasteiger partial charge on any atom is -0.391 e. The third kappa shape index (κ3) is 2.12. The van der Waals surface area contributed by atoms with Crippen LogP contribution >= 0.6 is 0 Å². The second-order valence-electron chi connectivity index (χ2n) is 3.91. The fourth-order valence-corrected chi connectivity index (χ4v) is 1.64. The maximum Gasteiger partial charge on any atom is 0.327 e. The van der Waals surface area contributed by atoms with Crippen molar-refractivity contribution in [3.8, 4) is 0 Å². The Morgan fingerprint density at radius 2 is 1.64 bits per heavy atom. The van der Waals surface area contributed by atoms with Crippen molar-refractivity contribution in [2.24, 2.45) is 0 Å². The molecule has 0 aromatic heterocycles. The van der Waals surface area contributed by atoms with E-state index >= 15 is 0 Å². The Balaban J connectivity index is 2.76. The average Bonchev–Trinajstić information content (AvgIpc) is 2.15. The summed E-state index contributed by atoms with van der Waals surface area (Å²) in [4.78, 5) is 24.1. The Morgan fingerprint density at radius 3 is 2.00 bits per heavy atom. The van der Waals surface area contributed by atoms with Gasteiger partial charge < -0.3 is 4.74 Å². The first-order chi connectivity index (χ1) is 6.51. The highest BCUT2D eigenvalue weighted by molar-refractivity contribution is 5.90. The third-order valence-corrected chi connectivity index (χ3v) is 3.15. The van der Waals surface area contributed by atoms with Crippen molar-refractivity contribution in [2.45, 2.75) is 39.2 Å². The molecule has 1 aliphatic rings. The maximum absolute atomic E-state index is 11.1. The van der Waals surface area contributed by atoms with Crippen molar-refractivity contribution in [1.29, 1.82) is 0 Å². The van der Waals surface area contributed by atoms with Crippen LogP contribution in [0.2, 0.25) is 0 Å². The van der Waals surface area contributed by atoms with Gasteiger partial charge in [-0.1, -0.05) is 13.8 Å². The Hall–Kier alpha value is -0.900. The Morgan fingerprint density at radius 1 is 1.21 bits per heavy atom. The van der Waals surface area contributed by atoms with E-state index in [0.717, 1.165) is 12.8 Å². The Kier molecular flexibility index (Phi) is 3.26. The lowest BCUT2D eigenvalue weighted by atomic mass is 9.92. The van der Waals surface area contributed by atoms with Gasteiger partial charge in [0, 0.05) is 5.54 Å². The second kappa shape index (κ2) is 4.09. The van der Waals surface area contributed by atoms with Crippen molar-refractivity contribution < 1.29 is 14.3 Å².